The summed E-state index contributed by atoms with van der Waals surface area (Å²) in [5.41, 5.74) is 5.15. The molecule has 0 aromatic carbocycles. The average molecular weight is 763 g/mol. The Morgan fingerprint density at radius 1 is 0.692 bits per heavy atom. The molecular weight excluding hydrogens is 685 g/mol. The van der Waals surface area contributed by atoms with E-state index in [1.54, 1.807) is 0 Å². The van der Waals surface area contributed by atoms with Crippen molar-refractivity contribution in [1.29, 1.82) is 0 Å². The molecule has 0 spiro atoms. The Morgan fingerprint density at radius 3 is 1.56 bits per heavy atom. The van der Waals surface area contributed by atoms with Gasteiger partial charge in [0.15, 0.2) is 6.29 Å². The van der Waals surface area contributed by atoms with E-state index in [4.69, 9.17) is 15.2 Å². The van der Waals surface area contributed by atoms with E-state index in [-0.39, 0.29) is 31.1 Å². The summed E-state index contributed by atoms with van der Waals surface area (Å²) in [5, 5.41) is 54.4. The summed E-state index contributed by atoms with van der Waals surface area (Å²) in [6.45, 7) is 3.37. The largest absolute Gasteiger partial charge is 0.391 e. The van der Waals surface area contributed by atoms with Gasteiger partial charge in [0.2, 0.25) is 11.8 Å². The number of aliphatic hydroxyl groups is 5. The van der Waals surface area contributed by atoms with Crippen molar-refractivity contribution < 1.29 is 44.6 Å². The first-order valence-electron chi connectivity index (χ1n) is 20.9. The molecule has 1 aliphatic rings. The number of thioether (sulfide) groups is 1. The summed E-state index contributed by atoms with van der Waals surface area (Å²) in [5.74, 6) is -0.111. The molecule has 1 heterocycles. The minimum absolute atomic E-state index is 0.150. The second-order valence-corrected chi connectivity index (χ2v) is 16.2. The standard InChI is InChI=1S/C40H78N2O9S/c1-3-4-5-6-7-8-9-10-11-12-13-14-15-16-17-18-19-20-21-22-23-24-25-26-35(45)42-32(36(46)31(2)43)29-50-40-39(49)38(48)37(47)33(51-40)30-52-28-27-34(41)44/h31-33,36-40,43,46-49H,3-30H2,1-2H3,(H2,41,44)(H,42,45)/t31-,32+,33?,36-,37+,38?,39?,40+/m1/s1. The summed E-state index contributed by atoms with van der Waals surface area (Å²) < 4.78 is 11.4. The van der Waals surface area contributed by atoms with Crippen LogP contribution < -0.4 is 11.1 Å². The van der Waals surface area contributed by atoms with E-state index in [2.05, 4.69) is 12.2 Å². The molecule has 12 heteroatoms. The van der Waals surface area contributed by atoms with E-state index in [9.17, 15) is 35.1 Å². The van der Waals surface area contributed by atoms with E-state index in [1.807, 2.05) is 0 Å². The van der Waals surface area contributed by atoms with Crippen molar-refractivity contribution in [3.05, 3.63) is 0 Å². The molecule has 0 radical (unpaired) electrons. The van der Waals surface area contributed by atoms with Crippen LogP contribution in [0.4, 0.5) is 0 Å². The minimum atomic E-state index is -1.57. The molecule has 0 saturated carbocycles. The summed E-state index contributed by atoms with van der Waals surface area (Å²) >= 11 is 1.30. The molecule has 52 heavy (non-hydrogen) atoms. The number of hydrogen-bond acceptors (Lipinski definition) is 10. The fourth-order valence-electron chi connectivity index (χ4n) is 6.67. The molecule has 3 unspecified atom stereocenters. The van der Waals surface area contributed by atoms with Crippen LogP contribution in [0.2, 0.25) is 0 Å². The maximum atomic E-state index is 12.7. The molecule has 8 atom stereocenters. The van der Waals surface area contributed by atoms with Crippen LogP contribution in [0.5, 0.6) is 0 Å². The molecule has 11 nitrogen and oxygen atoms in total. The van der Waals surface area contributed by atoms with Gasteiger partial charge in [0.1, 0.15) is 24.4 Å². The zero-order chi connectivity index (χ0) is 38.4. The number of ether oxygens (including phenoxy) is 2. The third-order valence-corrected chi connectivity index (χ3v) is 11.2. The summed E-state index contributed by atoms with van der Waals surface area (Å²) in [4.78, 5) is 23.7. The van der Waals surface area contributed by atoms with Gasteiger partial charge in [-0.2, -0.15) is 11.8 Å². The van der Waals surface area contributed by atoms with Crippen molar-refractivity contribution in [3.63, 3.8) is 0 Å². The molecule has 0 aromatic heterocycles. The third-order valence-electron chi connectivity index (χ3n) is 10.1. The van der Waals surface area contributed by atoms with Crippen molar-refractivity contribution in [2.24, 2.45) is 5.73 Å². The van der Waals surface area contributed by atoms with Crippen LogP contribution in [0.25, 0.3) is 0 Å². The van der Waals surface area contributed by atoms with Gasteiger partial charge in [0, 0.05) is 24.3 Å². The predicted molar refractivity (Wildman–Crippen MR) is 210 cm³/mol. The van der Waals surface area contributed by atoms with Gasteiger partial charge in [-0.15, -0.1) is 0 Å². The molecule has 0 bridgehead atoms. The third kappa shape index (κ3) is 24.4. The number of nitrogens with two attached hydrogens (primary N) is 1. The molecule has 8 N–H and O–H groups in total. The van der Waals surface area contributed by atoms with Crippen LogP contribution in [-0.4, -0.2) is 104 Å². The summed E-state index contributed by atoms with van der Waals surface area (Å²) in [6, 6.07) is -0.986. The van der Waals surface area contributed by atoms with Gasteiger partial charge in [0.05, 0.1) is 24.9 Å². The van der Waals surface area contributed by atoms with Crippen molar-refractivity contribution in [2.45, 2.75) is 223 Å². The number of aliphatic hydroxyl groups excluding tert-OH is 5. The highest BCUT2D eigenvalue weighted by Crippen LogP contribution is 2.25. The summed E-state index contributed by atoms with van der Waals surface area (Å²) in [6.07, 6.45) is 21.2. The number of hydrogen-bond donors (Lipinski definition) is 7. The summed E-state index contributed by atoms with van der Waals surface area (Å²) in [7, 11) is 0. The number of carbonyl (C=O) groups is 2. The highest BCUT2D eigenvalue weighted by Gasteiger charge is 2.44. The van der Waals surface area contributed by atoms with Gasteiger partial charge in [0.25, 0.3) is 0 Å². The number of rotatable bonds is 35. The molecule has 308 valence electrons. The van der Waals surface area contributed by atoms with Gasteiger partial charge in [-0.3, -0.25) is 9.59 Å². The molecule has 2 amide bonds. The van der Waals surface area contributed by atoms with Crippen LogP contribution in [-0.2, 0) is 19.1 Å². The molecule has 0 aliphatic carbocycles. The van der Waals surface area contributed by atoms with Crippen LogP contribution >= 0.6 is 11.8 Å². The molecule has 1 rings (SSSR count). The van der Waals surface area contributed by atoms with E-state index < -0.39 is 54.9 Å². The van der Waals surface area contributed by atoms with Crippen LogP contribution in [0.3, 0.4) is 0 Å². The van der Waals surface area contributed by atoms with E-state index in [0.29, 0.717) is 12.2 Å². The van der Waals surface area contributed by atoms with E-state index >= 15 is 0 Å². The van der Waals surface area contributed by atoms with Crippen molar-refractivity contribution >= 4 is 23.6 Å². The fourth-order valence-corrected chi connectivity index (χ4v) is 7.69. The Labute approximate surface area is 320 Å². The molecule has 1 saturated heterocycles. The van der Waals surface area contributed by atoms with Crippen LogP contribution in [0.1, 0.15) is 174 Å². The lowest BCUT2D eigenvalue weighted by atomic mass is 10.00. The average Bonchev–Trinajstić information content (AvgIpc) is 3.12. The maximum Gasteiger partial charge on any atom is 0.220 e. The predicted octanol–water partition coefficient (Wildman–Crippen LogP) is 6.03. The first kappa shape index (κ1) is 49.0. The topological polar surface area (TPSA) is 192 Å². The van der Waals surface area contributed by atoms with Gasteiger partial charge >= 0.3 is 0 Å². The smallest absolute Gasteiger partial charge is 0.220 e. The number of nitrogens with one attached hydrogen (secondary N) is 1. The van der Waals surface area contributed by atoms with Gasteiger partial charge in [-0.05, 0) is 13.3 Å². The number of carbonyl (C=O) groups excluding carboxylic acids is 2. The first-order valence-corrected chi connectivity index (χ1v) is 22.1. The SMILES string of the molecule is CCCCCCCCCCCCCCCCCCCCCCCCCC(=O)N[C@@H](CO[C@H]1OC(CSCCC(N)=O)[C@H](O)C(O)C1O)[C@H](O)[C@@H](C)O. The quantitative estimate of drug-likeness (QED) is 0.0376. The number of primary amides is 1. The molecule has 0 aromatic rings. The van der Waals surface area contributed by atoms with E-state index in [1.165, 1.54) is 141 Å². The lowest BCUT2D eigenvalue weighted by molar-refractivity contribution is -0.294. The van der Waals surface area contributed by atoms with Crippen LogP contribution in [0, 0.1) is 0 Å². The second kappa shape index (κ2) is 32.3. The van der Waals surface area contributed by atoms with Crippen molar-refractivity contribution in [1.82, 2.24) is 5.32 Å². The van der Waals surface area contributed by atoms with Crippen LogP contribution in [0.15, 0.2) is 0 Å². The zero-order valence-electron chi connectivity index (χ0n) is 32.8. The lowest BCUT2D eigenvalue weighted by Gasteiger charge is -2.41. The Hall–Kier alpha value is -0.990. The second-order valence-electron chi connectivity index (χ2n) is 15.1. The van der Waals surface area contributed by atoms with Crippen molar-refractivity contribution in [2.75, 3.05) is 18.1 Å². The Kier molecular flexibility index (Phi) is 30.4. The molecule has 1 aliphatic heterocycles. The molecular formula is C40H78N2O9S. The van der Waals surface area contributed by atoms with Gasteiger partial charge in [-0.1, -0.05) is 148 Å². The van der Waals surface area contributed by atoms with Crippen molar-refractivity contribution in [3.8, 4) is 0 Å². The Morgan fingerprint density at radius 2 is 1.13 bits per heavy atom. The maximum absolute atomic E-state index is 12.7. The minimum Gasteiger partial charge on any atom is -0.391 e. The molecule has 1 fully saturated rings. The normalized spacial score (nSPS) is 22.2. The zero-order valence-corrected chi connectivity index (χ0v) is 33.6. The van der Waals surface area contributed by atoms with Gasteiger partial charge in [-0.25, -0.2) is 0 Å². The number of unbranched alkanes of at least 4 members (excludes halogenated alkanes) is 22. The Bertz CT molecular complexity index is 871. The van der Waals surface area contributed by atoms with E-state index in [0.717, 1.165) is 19.3 Å². The fraction of sp³-hybridized carbons (Fsp3) is 0.950. The highest BCUT2D eigenvalue weighted by atomic mass is 32.2. The van der Waals surface area contributed by atoms with Gasteiger partial charge < -0.3 is 46.1 Å². The monoisotopic (exact) mass is 763 g/mol. The Balaban J connectivity index is 2.13. The number of amides is 2. The first-order chi connectivity index (χ1) is 25.1. The highest BCUT2D eigenvalue weighted by molar-refractivity contribution is 7.99. The lowest BCUT2D eigenvalue weighted by Crippen LogP contribution is -2.60.